The van der Waals surface area contributed by atoms with Crippen LogP contribution < -0.4 is 0 Å². The Hall–Kier alpha value is -1.73. The summed E-state index contributed by atoms with van der Waals surface area (Å²) in [5.74, 6) is 1.18. The van der Waals surface area contributed by atoms with Crippen LogP contribution in [-0.4, -0.2) is 34.7 Å². The lowest BCUT2D eigenvalue weighted by atomic mass is 10.0. The second-order valence-corrected chi connectivity index (χ2v) is 11.6. The van der Waals surface area contributed by atoms with Gasteiger partial charge in [-0.3, -0.25) is 0 Å². The van der Waals surface area contributed by atoms with E-state index in [4.69, 9.17) is 4.52 Å². The highest BCUT2D eigenvalue weighted by Gasteiger charge is 2.57. The van der Waals surface area contributed by atoms with Crippen LogP contribution >= 0.6 is 0 Å². The van der Waals surface area contributed by atoms with Gasteiger partial charge in [0.05, 0.1) is 5.25 Å². The third-order valence-electron chi connectivity index (χ3n) is 7.20. The first-order valence-corrected chi connectivity index (χ1v) is 12.9. The van der Waals surface area contributed by atoms with E-state index in [9.17, 15) is 8.42 Å². The van der Waals surface area contributed by atoms with Gasteiger partial charge in [0, 0.05) is 13.0 Å². The van der Waals surface area contributed by atoms with Gasteiger partial charge in [0.1, 0.15) is 6.04 Å². The molecule has 2 aliphatic carbocycles. The summed E-state index contributed by atoms with van der Waals surface area (Å²) in [6, 6.07) is 10.1. The van der Waals surface area contributed by atoms with E-state index < -0.39 is 10.0 Å². The number of hydrogen-bond donors (Lipinski definition) is 0. The Morgan fingerprint density at radius 2 is 1.83 bits per heavy atom. The summed E-state index contributed by atoms with van der Waals surface area (Å²) in [6.45, 7) is 0.627. The summed E-state index contributed by atoms with van der Waals surface area (Å²) in [7, 11) is -3.33. The van der Waals surface area contributed by atoms with Gasteiger partial charge in [0.15, 0.2) is 5.82 Å². The maximum Gasteiger partial charge on any atom is 0.245 e. The third kappa shape index (κ3) is 4.06. The number of benzene rings is 1. The maximum absolute atomic E-state index is 13.5. The largest absolute Gasteiger partial charge is 0.338 e. The molecule has 2 saturated carbocycles. The van der Waals surface area contributed by atoms with E-state index >= 15 is 0 Å². The first-order chi connectivity index (χ1) is 14.6. The Balaban J connectivity index is 1.29. The molecule has 0 N–H and O–H groups in total. The van der Waals surface area contributed by atoms with E-state index in [1.807, 2.05) is 6.07 Å². The number of aromatic nitrogens is 2. The minimum Gasteiger partial charge on any atom is -0.338 e. The standard InChI is InChI=1S/C23H31N3O3S/c27-30(28,19-11-5-2-6-12-19)26-17-23(14-15-23)16-20(26)22-24-21(25-29-22)13-7-10-18-8-3-1-4-9-18/h1,3-4,8-9,19-20H,2,5-7,10-17H2/t20-/m0/s1. The fraction of sp³-hybridized carbons (Fsp3) is 0.652. The smallest absolute Gasteiger partial charge is 0.245 e. The van der Waals surface area contributed by atoms with Gasteiger partial charge in [-0.2, -0.15) is 9.29 Å². The van der Waals surface area contributed by atoms with Gasteiger partial charge in [-0.15, -0.1) is 0 Å². The van der Waals surface area contributed by atoms with Crippen molar-refractivity contribution in [2.75, 3.05) is 6.54 Å². The lowest BCUT2D eigenvalue weighted by Gasteiger charge is -2.29. The number of aryl methyl sites for hydroxylation is 2. The molecule has 1 aliphatic heterocycles. The van der Waals surface area contributed by atoms with Crippen LogP contribution in [0.3, 0.4) is 0 Å². The van der Waals surface area contributed by atoms with Crippen LogP contribution in [0, 0.1) is 5.41 Å². The van der Waals surface area contributed by atoms with Crippen LogP contribution in [0.4, 0.5) is 0 Å². The Morgan fingerprint density at radius 1 is 1.07 bits per heavy atom. The van der Waals surface area contributed by atoms with Crippen LogP contribution in [0.15, 0.2) is 34.9 Å². The van der Waals surface area contributed by atoms with Crippen molar-refractivity contribution in [1.82, 2.24) is 14.4 Å². The quantitative estimate of drug-likeness (QED) is 0.651. The van der Waals surface area contributed by atoms with Gasteiger partial charge >= 0.3 is 0 Å². The summed E-state index contributed by atoms with van der Waals surface area (Å²) in [5, 5.41) is 3.94. The van der Waals surface area contributed by atoms with Gasteiger partial charge in [-0.1, -0.05) is 54.8 Å². The second kappa shape index (κ2) is 8.08. The van der Waals surface area contributed by atoms with Crippen molar-refractivity contribution in [1.29, 1.82) is 0 Å². The summed E-state index contributed by atoms with van der Waals surface area (Å²) in [4.78, 5) is 4.64. The molecule has 0 radical (unpaired) electrons. The second-order valence-electron chi connectivity index (χ2n) is 9.46. The highest BCUT2D eigenvalue weighted by molar-refractivity contribution is 7.89. The molecule has 1 aromatic carbocycles. The van der Waals surface area contributed by atoms with Crippen LogP contribution in [0.1, 0.15) is 81.1 Å². The van der Waals surface area contributed by atoms with Gasteiger partial charge < -0.3 is 4.52 Å². The highest BCUT2D eigenvalue weighted by Crippen LogP contribution is 2.59. The zero-order valence-electron chi connectivity index (χ0n) is 17.5. The van der Waals surface area contributed by atoms with Crippen molar-refractivity contribution >= 4 is 10.0 Å². The Kier molecular flexibility index (Phi) is 5.44. The molecule has 1 aromatic heterocycles. The number of sulfonamides is 1. The summed E-state index contributed by atoms with van der Waals surface area (Å²) in [5.41, 5.74) is 1.45. The van der Waals surface area contributed by atoms with Gasteiger partial charge in [0.2, 0.25) is 15.9 Å². The van der Waals surface area contributed by atoms with E-state index in [1.165, 1.54) is 5.56 Å². The predicted octanol–water partition coefficient (Wildman–Crippen LogP) is 4.43. The van der Waals surface area contributed by atoms with E-state index in [1.54, 1.807) is 4.31 Å². The monoisotopic (exact) mass is 429 g/mol. The molecule has 5 rings (SSSR count). The van der Waals surface area contributed by atoms with E-state index in [0.717, 1.165) is 70.6 Å². The maximum atomic E-state index is 13.5. The molecule has 2 aromatic rings. The van der Waals surface area contributed by atoms with Crippen LogP contribution in [0.5, 0.6) is 0 Å². The van der Waals surface area contributed by atoms with Gasteiger partial charge in [0.25, 0.3) is 0 Å². The van der Waals surface area contributed by atoms with Crippen molar-refractivity contribution in [2.45, 2.75) is 81.9 Å². The van der Waals surface area contributed by atoms with E-state index in [0.29, 0.717) is 18.3 Å². The molecular formula is C23H31N3O3S. The molecule has 3 aliphatic rings. The normalized spacial score (nSPS) is 24.5. The van der Waals surface area contributed by atoms with Crippen LogP contribution in [0.2, 0.25) is 0 Å². The Morgan fingerprint density at radius 3 is 2.57 bits per heavy atom. The summed E-state index contributed by atoms with van der Waals surface area (Å²) >= 11 is 0. The minimum absolute atomic E-state index is 0.147. The molecule has 7 heteroatoms. The van der Waals surface area contributed by atoms with Crippen LogP contribution in [0.25, 0.3) is 0 Å². The predicted molar refractivity (Wildman–Crippen MR) is 114 cm³/mol. The lowest BCUT2D eigenvalue weighted by molar-refractivity contribution is 0.285. The molecule has 1 atom stereocenters. The van der Waals surface area contributed by atoms with Crippen LogP contribution in [-0.2, 0) is 22.9 Å². The molecule has 0 unspecified atom stereocenters. The minimum atomic E-state index is -3.33. The molecule has 1 spiro atoms. The molecule has 162 valence electrons. The summed E-state index contributed by atoms with van der Waals surface area (Å²) < 4.78 is 34.3. The molecule has 0 amide bonds. The summed E-state index contributed by atoms with van der Waals surface area (Å²) in [6.07, 6.45) is 10.4. The molecule has 1 saturated heterocycles. The zero-order chi connectivity index (χ0) is 20.6. The Bertz CT molecular complexity index is 963. The third-order valence-corrected chi connectivity index (χ3v) is 9.55. The molecule has 2 heterocycles. The van der Waals surface area contributed by atoms with Crippen molar-refractivity contribution in [3.8, 4) is 0 Å². The van der Waals surface area contributed by atoms with Gasteiger partial charge in [-0.05, 0) is 55.9 Å². The number of hydrogen-bond acceptors (Lipinski definition) is 5. The topological polar surface area (TPSA) is 76.3 Å². The van der Waals surface area contributed by atoms with Gasteiger partial charge in [-0.25, -0.2) is 8.42 Å². The molecular weight excluding hydrogens is 398 g/mol. The van der Waals surface area contributed by atoms with Crippen molar-refractivity contribution in [3.05, 3.63) is 47.6 Å². The molecule has 30 heavy (non-hydrogen) atoms. The number of rotatable bonds is 7. The van der Waals surface area contributed by atoms with Crippen molar-refractivity contribution < 1.29 is 12.9 Å². The van der Waals surface area contributed by atoms with Crippen molar-refractivity contribution in [3.63, 3.8) is 0 Å². The number of nitrogens with zero attached hydrogens (tertiary/aromatic N) is 3. The lowest BCUT2D eigenvalue weighted by Crippen LogP contribution is -2.40. The molecule has 0 bridgehead atoms. The van der Waals surface area contributed by atoms with E-state index in [-0.39, 0.29) is 16.7 Å². The van der Waals surface area contributed by atoms with E-state index in [2.05, 4.69) is 34.4 Å². The molecule has 6 nitrogen and oxygen atoms in total. The SMILES string of the molecule is O=S(=O)(C1CCCCC1)N1CC2(CC2)C[C@H]1c1nc(CCCc2ccccc2)no1. The highest BCUT2D eigenvalue weighted by atomic mass is 32.2. The average Bonchev–Trinajstić information content (AvgIpc) is 3.18. The molecule has 3 fully saturated rings. The Labute approximate surface area is 179 Å². The fourth-order valence-electron chi connectivity index (χ4n) is 5.19. The zero-order valence-corrected chi connectivity index (χ0v) is 18.3. The first-order valence-electron chi connectivity index (χ1n) is 11.4. The first kappa shape index (κ1) is 20.2. The fourth-order valence-corrected chi connectivity index (χ4v) is 7.47. The average molecular weight is 430 g/mol. The van der Waals surface area contributed by atoms with Crippen molar-refractivity contribution in [2.24, 2.45) is 5.41 Å².